The molecule has 0 aliphatic carbocycles. The van der Waals surface area contributed by atoms with Crippen molar-refractivity contribution in [2.24, 2.45) is 0 Å². The molecular weight excluding hydrogens is 356 g/mol. The lowest BCUT2D eigenvalue weighted by molar-refractivity contribution is -0.0499. The molecule has 0 radical (unpaired) electrons. The molecule has 0 saturated heterocycles. The number of hydrogen-bond donors (Lipinski definition) is 2. The summed E-state index contributed by atoms with van der Waals surface area (Å²) >= 11 is 0. The Labute approximate surface area is 154 Å². The minimum atomic E-state index is -2.99. The Morgan fingerprint density at radius 2 is 1.93 bits per heavy atom. The van der Waals surface area contributed by atoms with Crippen molar-refractivity contribution in [2.45, 2.75) is 20.5 Å². The molecule has 0 fully saturated rings. The van der Waals surface area contributed by atoms with E-state index in [2.05, 4.69) is 14.7 Å². The quantitative estimate of drug-likeness (QED) is 0.664. The molecular formula is C18H19F2N5O2. The molecule has 7 nitrogen and oxygen atoms in total. The lowest BCUT2D eigenvalue weighted by Gasteiger charge is -2.17. The number of benzene rings is 1. The Bertz CT molecular complexity index is 988. The number of nitrogens with two attached hydrogens (primary N) is 2. The van der Waals surface area contributed by atoms with Crippen LogP contribution in [0, 0.1) is 13.8 Å². The molecule has 0 spiro atoms. The molecule has 0 atom stereocenters. The van der Waals surface area contributed by atoms with Crippen molar-refractivity contribution in [3.8, 4) is 28.6 Å². The molecule has 27 heavy (non-hydrogen) atoms. The van der Waals surface area contributed by atoms with E-state index in [4.69, 9.17) is 16.2 Å². The zero-order chi connectivity index (χ0) is 19.7. The van der Waals surface area contributed by atoms with Crippen LogP contribution in [-0.4, -0.2) is 28.3 Å². The van der Waals surface area contributed by atoms with Gasteiger partial charge in [0.25, 0.3) is 0 Å². The number of ether oxygens (including phenoxy) is 2. The van der Waals surface area contributed by atoms with Crippen LogP contribution in [0.4, 0.5) is 20.3 Å². The SMILES string of the molecule is COc1cc(OC(F)F)cc(-n2c(-c3ccncc3C)nc(C)c2N)c1N. The average Bonchev–Trinajstić information content (AvgIpc) is 2.91. The van der Waals surface area contributed by atoms with Gasteiger partial charge >= 0.3 is 6.61 Å². The summed E-state index contributed by atoms with van der Waals surface area (Å²) in [6.07, 6.45) is 3.33. The summed E-state index contributed by atoms with van der Waals surface area (Å²) in [6, 6.07) is 4.46. The number of nitrogens with zero attached hydrogens (tertiary/aromatic N) is 3. The molecule has 1 aromatic carbocycles. The first-order valence-electron chi connectivity index (χ1n) is 8.02. The zero-order valence-electron chi connectivity index (χ0n) is 15.0. The van der Waals surface area contributed by atoms with Crippen molar-refractivity contribution in [1.82, 2.24) is 14.5 Å². The monoisotopic (exact) mass is 375 g/mol. The van der Waals surface area contributed by atoms with Crippen molar-refractivity contribution in [3.63, 3.8) is 0 Å². The largest absolute Gasteiger partial charge is 0.494 e. The number of alkyl halides is 2. The number of methoxy groups -OCH3 is 1. The molecule has 3 rings (SSSR count). The van der Waals surface area contributed by atoms with Crippen LogP contribution in [-0.2, 0) is 0 Å². The molecule has 2 aromatic heterocycles. The summed E-state index contributed by atoms with van der Waals surface area (Å²) < 4.78 is 36.8. The van der Waals surface area contributed by atoms with Crippen LogP contribution in [0.1, 0.15) is 11.3 Å². The maximum atomic E-state index is 12.7. The van der Waals surface area contributed by atoms with Crippen LogP contribution in [0.2, 0.25) is 0 Å². The van der Waals surface area contributed by atoms with Crippen molar-refractivity contribution in [3.05, 3.63) is 41.9 Å². The molecule has 142 valence electrons. The number of rotatable bonds is 5. The second-order valence-electron chi connectivity index (χ2n) is 5.87. The van der Waals surface area contributed by atoms with Gasteiger partial charge in [0.1, 0.15) is 23.1 Å². The fourth-order valence-electron chi connectivity index (χ4n) is 2.80. The first-order valence-corrected chi connectivity index (χ1v) is 8.02. The highest BCUT2D eigenvalue weighted by Crippen LogP contribution is 2.38. The molecule has 0 aliphatic heterocycles. The first kappa shape index (κ1) is 18.4. The van der Waals surface area contributed by atoms with Gasteiger partial charge in [-0.15, -0.1) is 0 Å². The van der Waals surface area contributed by atoms with Crippen molar-refractivity contribution in [1.29, 1.82) is 0 Å². The van der Waals surface area contributed by atoms with Crippen LogP contribution in [0.5, 0.6) is 11.5 Å². The smallest absolute Gasteiger partial charge is 0.387 e. The van der Waals surface area contributed by atoms with E-state index in [1.807, 2.05) is 6.92 Å². The summed E-state index contributed by atoms with van der Waals surface area (Å²) in [5, 5.41) is 0. The maximum Gasteiger partial charge on any atom is 0.387 e. The highest BCUT2D eigenvalue weighted by Gasteiger charge is 2.21. The second-order valence-corrected chi connectivity index (χ2v) is 5.87. The van der Waals surface area contributed by atoms with Crippen LogP contribution >= 0.6 is 0 Å². The number of imidazole rings is 1. The third kappa shape index (κ3) is 3.35. The number of aryl methyl sites for hydroxylation is 2. The van der Waals surface area contributed by atoms with Gasteiger partial charge in [-0.05, 0) is 25.5 Å². The highest BCUT2D eigenvalue weighted by atomic mass is 19.3. The van der Waals surface area contributed by atoms with Gasteiger partial charge in [-0.2, -0.15) is 8.78 Å². The lowest BCUT2D eigenvalue weighted by atomic mass is 10.1. The molecule has 3 aromatic rings. The summed E-state index contributed by atoms with van der Waals surface area (Å²) in [4.78, 5) is 8.61. The third-order valence-electron chi connectivity index (χ3n) is 4.14. The van der Waals surface area contributed by atoms with Crippen LogP contribution < -0.4 is 20.9 Å². The standard InChI is InChI=1S/C18H19F2N5O2/c1-9-8-23-5-4-12(9)17-24-10(2)16(22)25(17)13-6-11(27-18(19)20)7-14(26-3)15(13)21/h4-8,18H,21-22H2,1-3H3. The van der Waals surface area contributed by atoms with Gasteiger partial charge in [0.05, 0.1) is 24.2 Å². The van der Waals surface area contributed by atoms with Crippen LogP contribution in [0.25, 0.3) is 17.1 Å². The van der Waals surface area contributed by atoms with Crippen LogP contribution in [0.3, 0.4) is 0 Å². The molecule has 0 amide bonds. The third-order valence-corrected chi connectivity index (χ3v) is 4.14. The van der Waals surface area contributed by atoms with E-state index >= 15 is 0 Å². The molecule has 9 heteroatoms. The predicted molar refractivity (Wildman–Crippen MR) is 98.3 cm³/mol. The Morgan fingerprint density at radius 3 is 2.56 bits per heavy atom. The van der Waals surface area contributed by atoms with E-state index in [9.17, 15) is 8.78 Å². The first-order chi connectivity index (χ1) is 12.8. The Hall–Kier alpha value is -3.36. The van der Waals surface area contributed by atoms with E-state index in [0.717, 1.165) is 11.1 Å². The van der Waals surface area contributed by atoms with E-state index in [1.54, 1.807) is 30.0 Å². The molecule has 0 aliphatic rings. The fraction of sp³-hybridized carbons (Fsp3) is 0.222. The number of pyridine rings is 1. The zero-order valence-corrected chi connectivity index (χ0v) is 15.0. The topological polar surface area (TPSA) is 101 Å². The van der Waals surface area contributed by atoms with Crippen molar-refractivity contribution in [2.75, 3.05) is 18.6 Å². The number of nitrogen functional groups attached to an aromatic ring is 2. The number of halogens is 2. The van der Waals surface area contributed by atoms with Gasteiger partial charge in [0.2, 0.25) is 0 Å². The molecule has 4 N–H and O–H groups in total. The van der Waals surface area contributed by atoms with Crippen LogP contribution in [0.15, 0.2) is 30.6 Å². The summed E-state index contributed by atoms with van der Waals surface area (Å²) in [5.74, 6) is 0.914. The van der Waals surface area contributed by atoms with E-state index in [0.29, 0.717) is 23.0 Å². The fourth-order valence-corrected chi connectivity index (χ4v) is 2.80. The number of anilines is 2. The maximum absolute atomic E-state index is 12.7. The Kier molecular flexibility index (Phi) is 4.85. The number of aromatic nitrogens is 3. The van der Waals surface area contributed by atoms with E-state index < -0.39 is 6.61 Å². The summed E-state index contributed by atoms with van der Waals surface area (Å²) in [6.45, 7) is 0.640. The molecule has 2 heterocycles. The van der Waals surface area contributed by atoms with Crippen molar-refractivity contribution < 1.29 is 18.3 Å². The van der Waals surface area contributed by atoms with Gasteiger partial charge in [-0.1, -0.05) is 0 Å². The predicted octanol–water partition coefficient (Wildman–Crippen LogP) is 3.33. The highest BCUT2D eigenvalue weighted by molar-refractivity contribution is 5.76. The lowest BCUT2D eigenvalue weighted by Crippen LogP contribution is -2.09. The van der Waals surface area contributed by atoms with Gasteiger partial charge < -0.3 is 20.9 Å². The van der Waals surface area contributed by atoms with Gasteiger partial charge in [-0.3, -0.25) is 9.55 Å². The summed E-state index contributed by atoms with van der Waals surface area (Å²) in [7, 11) is 1.39. The average molecular weight is 375 g/mol. The molecule has 0 unspecified atom stereocenters. The summed E-state index contributed by atoms with van der Waals surface area (Å²) in [5.41, 5.74) is 15.2. The normalized spacial score (nSPS) is 11.0. The van der Waals surface area contributed by atoms with Gasteiger partial charge in [0.15, 0.2) is 0 Å². The minimum absolute atomic E-state index is 0.103. The van der Waals surface area contributed by atoms with Crippen molar-refractivity contribution >= 4 is 11.5 Å². The molecule has 0 saturated carbocycles. The Balaban J connectivity index is 2.30. The number of hydrogen-bond acceptors (Lipinski definition) is 6. The second kappa shape index (κ2) is 7.10. The van der Waals surface area contributed by atoms with Gasteiger partial charge in [-0.25, -0.2) is 4.98 Å². The van der Waals surface area contributed by atoms with Gasteiger partial charge in [0, 0.05) is 30.1 Å². The Morgan fingerprint density at radius 1 is 1.19 bits per heavy atom. The van der Waals surface area contributed by atoms with E-state index in [1.165, 1.54) is 19.2 Å². The molecule has 0 bridgehead atoms. The minimum Gasteiger partial charge on any atom is -0.494 e. The van der Waals surface area contributed by atoms with E-state index in [-0.39, 0.29) is 17.2 Å².